The number of nitrogens with one attached hydrogen (secondary N) is 1. The Balaban J connectivity index is 1.77. The molecule has 0 aliphatic heterocycles. The third kappa shape index (κ3) is 3.58. The fourth-order valence-corrected chi connectivity index (χ4v) is 3.85. The summed E-state index contributed by atoms with van der Waals surface area (Å²) < 4.78 is 0.992. The summed E-state index contributed by atoms with van der Waals surface area (Å²) in [6.07, 6.45) is 0. The second kappa shape index (κ2) is 7.38. The molecule has 0 unspecified atom stereocenters. The first-order chi connectivity index (χ1) is 13.5. The number of para-hydroxylation sites is 1. The lowest BCUT2D eigenvalue weighted by Crippen LogP contribution is -2.12. The molecule has 1 N–H and O–H groups in total. The van der Waals surface area contributed by atoms with Crippen LogP contribution in [0.2, 0.25) is 5.02 Å². The predicted molar refractivity (Wildman–Crippen MR) is 111 cm³/mol. The molecule has 1 aromatic heterocycles. The Morgan fingerprint density at radius 2 is 1.82 bits per heavy atom. The highest BCUT2D eigenvalue weighted by Crippen LogP contribution is 2.36. The summed E-state index contributed by atoms with van der Waals surface area (Å²) in [7, 11) is 0. The Hall–Kier alpha value is -3.29. The molecule has 4 aromatic rings. The van der Waals surface area contributed by atoms with Crippen molar-refractivity contribution in [2.24, 2.45) is 0 Å². The normalized spacial score (nSPS) is 10.8. The number of rotatable bonds is 4. The van der Waals surface area contributed by atoms with Gasteiger partial charge in [0, 0.05) is 28.3 Å². The molecule has 0 bridgehead atoms. The second-order valence-corrected chi connectivity index (χ2v) is 7.40. The van der Waals surface area contributed by atoms with Crippen LogP contribution in [0.25, 0.3) is 20.8 Å². The van der Waals surface area contributed by atoms with Gasteiger partial charge in [-0.3, -0.25) is 14.9 Å². The van der Waals surface area contributed by atoms with Crippen LogP contribution in [0.3, 0.4) is 0 Å². The molecule has 0 fully saturated rings. The summed E-state index contributed by atoms with van der Waals surface area (Å²) in [5.41, 5.74) is 2.06. The van der Waals surface area contributed by atoms with Crippen molar-refractivity contribution in [3.05, 3.63) is 87.4 Å². The first-order valence-electron chi connectivity index (χ1n) is 8.22. The molecule has 0 atom stereocenters. The van der Waals surface area contributed by atoms with E-state index in [2.05, 4.69) is 10.3 Å². The predicted octanol–water partition coefficient (Wildman–Crippen LogP) is 5.78. The number of non-ortho nitro benzene ring substituents is 1. The van der Waals surface area contributed by atoms with E-state index in [-0.39, 0.29) is 11.6 Å². The van der Waals surface area contributed by atoms with Crippen LogP contribution in [-0.2, 0) is 0 Å². The molecular weight excluding hydrogens is 398 g/mol. The monoisotopic (exact) mass is 409 g/mol. The minimum absolute atomic E-state index is 0.115. The van der Waals surface area contributed by atoms with E-state index < -0.39 is 4.92 Å². The number of hydrogen-bond acceptors (Lipinski definition) is 5. The molecular formula is C20H12ClN3O3S. The summed E-state index contributed by atoms with van der Waals surface area (Å²) >= 11 is 7.32. The summed E-state index contributed by atoms with van der Waals surface area (Å²) in [6, 6.07) is 18.4. The Bertz CT molecular complexity index is 1170. The van der Waals surface area contributed by atoms with Crippen LogP contribution in [0.1, 0.15) is 10.4 Å². The number of halogens is 1. The number of amides is 1. The van der Waals surface area contributed by atoms with Crippen molar-refractivity contribution >= 4 is 50.4 Å². The highest BCUT2D eigenvalue weighted by atomic mass is 35.5. The molecule has 8 heteroatoms. The van der Waals surface area contributed by atoms with E-state index in [1.54, 1.807) is 30.3 Å². The van der Waals surface area contributed by atoms with E-state index in [1.165, 1.54) is 23.5 Å². The highest BCUT2D eigenvalue weighted by molar-refractivity contribution is 7.21. The Labute approximate surface area is 168 Å². The smallest absolute Gasteiger partial charge is 0.271 e. The van der Waals surface area contributed by atoms with Gasteiger partial charge in [-0.25, -0.2) is 4.98 Å². The van der Waals surface area contributed by atoms with Crippen molar-refractivity contribution in [2.75, 3.05) is 5.32 Å². The molecule has 1 amide bonds. The van der Waals surface area contributed by atoms with Gasteiger partial charge in [0.1, 0.15) is 5.01 Å². The first-order valence-corrected chi connectivity index (χ1v) is 9.42. The number of anilines is 1. The van der Waals surface area contributed by atoms with Crippen LogP contribution in [-0.4, -0.2) is 15.8 Å². The highest BCUT2D eigenvalue weighted by Gasteiger charge is 2.17. The third-order valence-corrected chi connectivity index (χ3v) is 5.41. The third-order valence-electron chi connectivity index (χ3n) is 4.09. The molecule has 0 saturated carbocycles. The van der Waals surface area contributed by atoms with Gasteiger partial charge < -0.3 is 5.32 Å². The number of carbonyl (C=O) groups excluding carboxylic acids is 1. The Morgan fingerprint density at radius 1 is 1.07 bits per heavy atom. The molecule has 0 aliphatic rings. The van der Waals surface area contributed by atoms with Crippen molar-refractivity contribution in [1.82, 2.24) is 4.98 Å². The van der Waals surface area contributed by atoms with Gasteiger partial charge in [0.25, 0.3) is 11.6 Å². The van der Waals surface area contributed by atoms with E-state index in [0.717, 1.165) is 10.2 Å². The van der Waals surface area contributed by atoms with Crippen LogP contribution in [0, 0.1) is 10.1 Å². The fraction of sp³-hybridized carbons (Fsp3) is 0. The number of nitro groups is 1. The van der Waals surface area contributed by atoms with Crippen molar-refractivity contribution in [2.45, 2.75) is 0 Å². The molecule has 6 nitrogen and oxygen atoms in total. The van der Waals surface area contributed by atoms with Crippen LogP contribution < -0.4 is 5.32 Å². The zero-order valence-corrected chi connectivity index (χ0v) is 15.8. The average Bonchev–Trinajstić information content (AvgIpc) is 3.12. The van der Waals surface area contributed by atoms with E-state index in [0.29, 0.717) is 26.8 Å². The van der Waals surface area contributed by atoms with Gasteiger partial charge in [0.2, 0.25) is 0 Å². The van der Waals surface area contributed by atoms with Crippen LogP contribution in [0.5, 0.6) is 0 Å². The van der Waals surface area contributed by atoms with Gasteiger partial charge in [0.15, 0.2) is 0 Å². The molecule has 4 rings (SSSR count). The molecule has 0 radical (unpaired) electrons. The quantitative estimate of drug-likeness (QED) is 0.342. The number of nitro benzene ring substituents is 1. The van der Waals surface area contributed by atoms with Gasteiger partial charge in [0.05, 0.1) is 20.8 Å². The topological polar surface area (TPSA) is 85.1 Å². The lowest BCUT2D eigenvalue weighted by molar-refractivity contribution is -0.384. The molecule has 0 aliphatic carbocycles. The van der Waals surface area contributed by atoms with Gasteiger partial charge in [-0.1, -0.05) is 23.7 Å². The number of aromatic nitrogens is 1. The van der Waals surface area contributed by atoms with Crippen LogP contribution in [0.4, 0.5) is 11.4 Å². The van der Waals surface area contributed by atoms with Crippen molar-refractivity contribution in [1.29, 1.82) is 0 Å². The van der Waals surface area contributed by atoms with E-state index in [4.69, 9.17) is 11.6 Å². The fourth-order valence-electron chi connectivity index (χ4n) is 2.72. The van der Waals surface area contributed by atoms with Gasteiger partial charge >= 0.3 is 0 Å². The van der Waals surface area contributed by atoms with Gasteiger partial charge in [-0.2, -0.15) is 0 Å². The summed E-state index contributed by atoms with van der Waals surface area (Å²) in [5, 5.41) is 15.1. The zero-order chi connectivity index (χ0) is 19.7. The maximum atomic E-state index is 12.6. The van der Waals surface area contributed by atoms with Crippen molar-refractivity contribution < 1.29 is 9.72 Å². The molecule has 0 spiro atoms. The molecule has 3 aromatic carbocycles. The zero-order valence-electron chi connectivity index (χ0n) is 14.3. The molecule has 138 valence electrons. The van der Waals surface area contributed by atoms with Crippen LogP contribution in [0.15, 0.2) is 66.7 Å². The van der Waals surface area contributed by atoms with E-state index >= 15 is 0 Å². The summed E-state index contributed by atoms with van der Waals surface area (Å²) in [5.74, 6) is -0.389. The standard InChI is InChI=1S/C20H12ClN3O3S/c21-13-7-5-12(6-8-13)19(25)22-17-11-14(24(26)27)9-10-15(17)20-23-16-3-1-2-4-18(16)28-20/h1-11H,(H,22,25). The van der Waals surface area contributed by atoms with Crippen LogP contribution >= 0.6 is 22.9 Å². The van der Waals surface area contributed by atoms with E-state index in [9.17, 15) is 14.9 Å². The van der Waals surface area contributed by atoms with Crippen molar-refractivity contribution in [3.63, 3.8) is 0 Å². The molecule has 1 heterocycles. The first kappa shape index (κ1) is 18.1. The number of nitrogens with zero attached hydrogens (tertiary/aromatic N) is 2. The number of fused-ring (bicyclic) bond motifs is 1. The number of thiazole rings is 1. The number of hydrogen-bond donors (Lipinski definition) is 1. The lowest BCUT2D eigenvalue weighted by Gasteiger charge is -2.10. The maximum Gasteiger partial charge on any atom is 0.271 e. The summed E-state index contributed by atoms with van der Waals surface area (Å²) in [6.45, 7) is 0. The van der Waals surface area contributed by atoms with Crippen molar-refractivity contribution in [3.8, 4) is 10.6 Å². The minimum Gasteiger partial charge on any atom is -0.321 e. The molecule has 28 heavy (non-hydrogen) atoms. The maximum absolute atomic E-state index is 12.6. The Kier molecular flexibility index (Phi) is 4.77. The second-order valence-electron chi connectivity index (χ2n) is 5.93. The number of carbonyl (C=O) groups is 1. The SMILES string of the molecule is O=C(Nc1cc([N+](=O)[O-])ccc1-c1nc2ccccc2s1)c1ccc(Cl)cc1. The average molecular weight is 410 g/mol. The summed E-state index contributed by atoms with van der Waals surface area (Å²) in [4.78, 5) is 27.9. The van der Waals surface area contributed by atoms with Gasteiger partial charge in [-0.05, 0) is 42.5 Å². The Morgan fingerprint density at radius 3 is 2.54 bits per heavy atom. The molecule has 0 saturated heterocycles. The largest absolute Gasteiger partial charge is 0.321 e. The van der Waals surface area contributed by atoms with Gasteiger partial charge in [-0.15, -0.1) is 11.3 Å². The van der Waals surface area contributed by atoms with E-state index in [1.807, 2.05) is 24.3 Å². The minimum atomic E-state index is -0.500. The lowest BCUT2D eigenvalue weighted by atomic mass is 10.1. The number of benzene rings is 3.